The van der Waals surface area contributed by atoms with Crippen LogP contribution in [0.4, 0.5) is 4.79 Å². The number of ether oxygens (including phenoxy) is 1. The quantitative estimate of drug-likeness (QED) is 0.534. The second-order valence-electron chi connectivity index (χ2n) is 6.81. The van der Waals surface area contributed by atoms with Crippen molar-refractivity contribution < 1.29 is 9.53 Å². The van der Waals surface area contributed by atoms with Gasteiger partial charge in [-0.25, -0.2) is 4.79 Å². The Labute approximate surface area is 162 Å². The van der Waals surface area contributed by atoms with Gasteiger partial charge >= 0.3 is 6.09 Å². The molecule has 1 aromatic rings. The maximum Gasteiger partial charge on any atom is 0.415 e. The summed E-state index contributed by atoms with van der Waals surface area (Å²) in [7, 11) is 2.16. The minimum atomic E-state index is -0.294. The van der Waals surface area contributed by atoms with Gasteiger partial charge in [0.2, 0.25) is 0 Å². The number of nitrogens with zero attached hydrogens (tertiary/aromatic N) is 2. The lowest BCUT2D eigenvalue weighted by molar-refractivity contribution is 0.137. The minimum absolute atomic E-state index is 0.294. The summed E-state index contributed by atoms with van der Waals surface area (Å²) in [5, 5.41) is 0.626. The van der Waals surface area contributed by atoms with E-state index < -0.39 is 0 Å². The van der Waals surface area contributed by atoms with Crippen LogP contribution in [-0.4, -0.2) is 49.1 Å². The fourth-order valence-corrected chi connectivity index (χ4v) is 3.15. The van der Waals surface area contributed by atoms with E-state index in [-0.39, 0.29) is 6.09 Å². The highest BCUT2D eigenvalue weighted by molar-refractivity contribution is 6.30. The number of likely N-dealkylation sites (tertiary alicyclic amines) is 1. The third kappa shape index (κ3) is 7.27. The van der Waals surface area contributed by atoms with Gasteiger partial charge in [0.05, 0.1) is 0 Å². The van der Waals surface area contributed by atoms with Crippen molar-refractivity contribution in [3.05, 3.63) is 29.3 Å². The Morgan fingerprint density at radius 3 is 2.62 bits per heavy atom. The molecule has 1 amide bonds. The SMILES string of the molecule is CCCN(C)CCCC#CC1CCN(C(=O)Oc2ccc(Cl)cc2)CC1. The number of amides is 1. The van der Waals surface area contributed by atoms with Crippen LogP contribution in [0, 0.1) is 17.8 Å². The van der Waals surface area contributed by atoms with Gasteiger partial charge in [-0.1, -0.05) is 24.4 Å². The highest BCUT2D eigenvalue weighted by atomic mass is 35.5. The van der Waals surface area contributed by atoms with Gasteiger partial charge in [0.25, 0.3) is 0 Å². The Balaban J connectivity index is 1.66. The summed E-state index contributed by atoms with van der Waals surface area (Å²) in [6, 6.07) is 6.84. The van der Waals surface area contributed by atoms with Crippen molar-refractivity contribution in [3.63, 3.8) is 0 Å². The van der Waals surface area contributed by atoms with Crippen molar-refractivity contribution in [2.45, 2.75) is 39.0 Å². The van der Waals surface area contributed by atoms with E-state index in [1.807, 2.05) is 0 Å². The molecule has 2 rings (SSSR count). The highest BCUT2D eigenvalue weighted by Gasteiger charge is 2.23. The van der Waals surface area contributed by atoms with E-state index in [0.29, 0.717) is 29.8 Å². The van der Waals surface area contributed by atoms with Gasteiger partial charge in [-0.2, -0.15) is 0 Å². The molecule has 1 aromatic carbocycles. The van der Waals surface area contributed by atoms with Crippen LogP contribution in [0.1, 0.15) is 39.0 Å². The summed E-state index contributed by atoms with van der Waals surface area (Å²) in [5.41, 5.74) is 0. The van der Waals surface area contributed by atoms with Gasteiger partial charge in [0, 0.05) is 30.5 Å². The Bertz CT molecular complexity index is 613. The number of carbonyl (C=O) groups excluding carboxylic acids is 1. The molecular weight excluding hydrogens is 348 g/mol. The summed E-state index contributed by atoms with van der Waals surface area (Å²) in [5.74, 6) is 7.61. The van der Waals surface area contributed by atoms with Crippen molar-refractivity contribution in [3.8, 4) is 17.6 Å². The molecular formula is C21H29ClN2O2. The second kappa shape index (κ2) is 11.1. The molecule has 26 heavy (non-hydrogen) atoms. The van der Waals surface area contributed by atoms with Crippen LogP contribution in [0.15, 0.2) is 24.3 Å². The third-order valence-corrected chi connectivity index (χ3v) is 4.78. The van der Waals surface area contributed by atoms with Crippen LogP contribution in [-0.2, 0) is 0 Å². The van der Waals surface area contributed by atoms with E-state index in [9.17, 15) is 4.79 Å². The van der Waals surface area contributed by atoms with Crippen LogP contribution in [0.3, 0.4) is 0 Å². The Hall–Kier alpha value is -1.70. The summed E-state index contributed by atoms with van der Waals surface area (Å²) < 4.78 is 5.39. The largest absolute Gasteiger partial charge is 0.415 e. The van der Waals surface area contributed by atoms with Crippen molar-refractivity contribution >= 4 is 17.7 Å². The molecule has 0 radical (unpaired) electrons. The molecule has 1 saturated heterocycles. The Morgan fingerprint density at radius 2 is 1.96 bits per heavy atom. The molecule has 0 unspecified atom stereocenters. The Morgan fingerprint density at radius 1 is 1.27 bits per heavy atom. The maximum absolute atomic E-state index is 12.2. The van der Waals surface area contributed by atoms with E-state index >= 15 is 0 Å². The number of hydrogen-bond donors (Lipinski definition) is 0. The standard InChI is InChI=1S/C21H29ClN2O2/c1-3-14-23(2)15-6-4-5-7-18-12-16-24(17-13-18)21(25)26-20-10-8-19(22)9-11-20/h8-11,18H,3-4,6,12-17H2,1-2H3. The van der Waals surface area contributed by atoms with Gasteiger partial charge in [-0.05, 0) is 70.1 Å². The third-order valence-electron chi connectivity index (χ3n) is 4.53. The molecule has 0 N–H and O–H groups in total. The summed E-state index contributed by atoms with van der Waals surface area (Å²) in [6.07, 6.45) is 4.80. The second-order valence-corrected chi connectivity index (χ2v) is 7.25. The normalized spacial score (nSPS) is 14.8. The average molecular weight is 377 g/mol. The molecule has 0 aromatic heterocycles. The monoisotopic (exact) mass is 376 g/mol. The molecule has 142 valence electrons. The molecule has 0 atom stereocenters. The predicted octanol–water partition coefficient (Wildman–Crippen LogP) is 4.68. The first-order valence-corrected chi connectivity index (χ1v) is 9.85. The molecule has 4 nitrogen and oxygen atoms in total. The van der Waals surface area contributed by atoms with Crippen LogP contribution < -0.4 is 4.74 Å². The predicted molar refractivity (Wildman–Crippen MR) is 107 cm³/mol. The van der Waals surface area contributed by atoms with E-state index in [1.54, 1.807) is 29.2 Å². The lowest BCUT2D eigenvalue weighted by atomic mass is 9.97. The molecule has 0 saturated carbocycles. The van der Waals surface area contributed by atoms with Crippen molar-refractivity contribution in [1.29, 1.82) is 0 Å². The zero-order valence-electron chi connectivity index (χ0n) is 15.8. The number of unbranched alkanes of at least 4 members (excludes halogenated alkanes) is 1. The first-order valence-electron chi connectivity index (χ1n) is 9.47. The van der Waals surface area contributed by atoms with Gasteiger partial charge in [-0.3, -0.25) is 0 Å². The van der Waals surface area contributed by atoms with Gasteiger partial charge < -0.3 is 14.5 Å². The molecule has 0 bridgehead atoms. The van der Waals surface area contributed by atoms with Crippen LogP contribution in [0.2, 0.25) is 5.02 Å². The van der Waals surface area contributed by atoms with Crippen LogP contribution in [0.25, 0.3) is 0 Å². The molecule has 5 heteroatoms. The topological polar surface area (TPSA) is 32.8 Å². The summed E-state index contributed by atoms with van der Waals surface area (Å²) >= 11 is 5.84. The Kier molecular flexibility index (Phi) is 8.80. The fraction of sp³-hybridized carbons (Fsp3) is 0.571. The first kappa shape index (κ1) is 20.6. The van der Waals surface area contributed by atoms with Crippen molar-refractivity contribution in [2.24, 2.45) is 5.92 Å². The van der Waals surface area contributed by atoms with Gasteiger partial charge in [-0.15, -0.1) is 5.92 Å². The van der Waals surface area contributed by atoms with Gasteiger partial charge in [0.1, 0.15) is 5.75 Å². The van der Waals surface area contributed by atoms with Crippen LogP contribution >= 0.6 is 11.6 Å². The van der Waals surface area contributed by atoms with E-state index in [4.69, 9.17) is 16.3 Å². The summed E-state index contributed by atoms with van der Waals surface area (Å²) in [4.78, 5) is 16.3. The molecule has 0 aliphatic carbocycles. The molecule has 0 spiro atoms. The smallest absolute Gasteiger partial charge is 0.410 e. The maximum atomic E-state index is 12.2. The van der Waals surface area contributed by atoms with Gasteiger partial charge in [0.15, 0.2) is 0 Å². The fourth-order valence-electron chi connectivity index (χ4n) is 3.02. The number of halogens is 1. The summed E-state index contributed by atoms with van der Waals surface area (Å²) in [6.45, 7) is 5.86. The molecule has 1 heterocycles. The van der Waals surface area contributed by atoms with E-state index in [1.165, 1.54) is 6.42 Å². The number of piperidine rings is 1. The van der Waals surface area contributed by atoms with Crippen LogP contribution in [0.5, 0.6) is 5.75 Å². The first-order chi connectivity index (χ1) is 12.6. The lowest BCUT2D eigenvalue weighted by Crippen LogP contribution is -2.39. The van der Waals surface area contributed by atoms with E-state index in [0.717, 1.165) is 38.8 Å². The molecule has 1 aliphatic heterocycles. The number of rotatable bonds is 6. The minimum Gasteiger partial charge on any atom is -0.410 e. The average Bonchev–Trinajstić information content (AvgIpc) is 2.64. The van der Waals surface area contributed by atoms with E-state index in [2.05, 4.69) is 30.7 Å². The van der Waals surface area contributed by atoms with Crippen molar-refractivity contribution in [1.82, 2.24) is 9.80 Å². The molecule has 1 fully saturated rings. The number of hydrogen-bond acceptors (Lipinski definition) is 3. The lowest BCUT2D eigenvalue weighted by Gasteiger charge is -2.28. The zero-order chi connectivity index (χ0) is 18.8. The zero-order valence-corrected chi connectivity index (χ0v) is 16.6. The number of benzene rings is 1. The van der Waals surface area contributed by atoms with Crippen molar-refractivity contribution in [2.75, 3.05) is 33.2 Å². The highest BCUT2D eigenvalue weighted by Crippen LogP contribution is 2.20. The molecule has 1 aliphatic rings. The number of carbonyl (C=O) groups is 1.